The maximum Gasteiger partial charge on any atom is 2.00 e. The Morgan fingerprint density at radius 3 is 1.62 bits per heavy atom. The minimum absolute atomic E-state index is 0. The molecule has 0 saturated heterocycles. The number of rotatable bonds is 3. The van der Waals surface area contributed by atoms with Crippen molar-refractivity contribution in [1.82, 2.24) is 0 Å². The standard InChI is InChI=1S/CH3Cl3O7P2.CH4O.Ca.2H/c2-1(3,4)10-13(8,9)11-12(5,6)7;1-2;;;/h(H,8,9)(H2,5,6,7);2H,1H3;;;/q;;+2;2*-1. The van der Waals surface area contributed by atoms with E-state index in [0.717, 1.165) is 7.11 Å². The maximum absolute atomic E-state index is 10.6. The molecule has 0 radical (unpaired) electrons. The average molecular weight is 369 g/mol. The molecule has 0 aromatic carbocycles. The van der Waals surface area contributed by atoms with Gasteiger partial charge in [0.15, 0.2) is 0 Å². The number of halogens is 3. The van der Waals surface area contributed by atoms with Crippen LogP contribution < -0.4 is 0 Å². The summed E-state index contributed by atoms with van der Waals surface area (Å²) in [5.41, 5.74) is 0. The van der Waals surface area contributed by atoms with Gasteiger partial charge in [0.1, 0.15) is 0 Å². The van der Waals surface area contributed by atoms with E-state index in [9.17, 15) is 9.13 Å². The molecule has 0 bridgehead atoms. The maximum atomic E-state index is 10.6. The van der Waals surface area contributed by atoms with Crippen LogP contribution in [0.2, 0.25) is 0 Å². The van der Waals surface area contributed by atoms with E-state index in [1.165, 1.54) is 0 Å². The zero-order valence-electron chi connectivity index (χ0n) is 9.66. The molecular formula is C2H9CaCl3O8P2. The van der Waals surface area contributed by atoms with Gasteiger partial charge in [0.05, 0.1) is 0 Å². The predicted molar refractivity (Wildman–Crippen MR) is 60.5 cm³/mol. The summed E-state index contributed by atoms with van der Waals surface area (Å²) in [6.07, 6.45) is 0. The molecule has 0 aromatic rings. The Bertz CT molecular complexity index is 282. The Kier molecular flexibility index (Phi) is 13.6. The van der Waals surface area contributed by atoms with Crippen LogP contribution >= 0.6 is 50.4 Å². The minimum atomic E-state index is -5.19. The van der Waals surface area contributed by atoms with E-state index in [-0.39, 0.29) is 40.6 Å². The summed E-state index contributed by atoms with van der Waals surface area (Å²) < 4.78 is 25.1. The van der Waals surface area contributed by atoms with E-state index in [2.05, 4.69) is 8.83 Å². The van der Waals surface area contributed by atoms with Crippen molar-refractivity contribution in [1.29, 1.82) is 0 Å². The second-order valence-corrected chi connectivity index (χ2v) is 6.51. The quantitative estimate of drug-likeness (QED) is 0.329. The van der Waals surface area contributed by atoms with Crippen molar-refractivity contribution in [2.75, 3.05) is 7.11 Å². The minimum Gasteiger partial charge on any atom is -1.00 e. The van der Waals surface area contributed by atoms with Crippen LogP contribution in [0.15, 0.2) is 0 Å². The molecule has 14 heteroatoms. The number of phosphoric acid groups is 2. The molecule has 0 saturated carbocycles. The summed E-state index contributed by atoms with van der Waals surface area (Å²) in [6, 6.07) is 0. The number of hydrogen-bond donors (Lipinski definition) is 4. The zero-order chi connectivity index (χ0) is 12.9. The van der Waals surface area contributed by atoms with E-state index in [1.54, 1.807) is 0 Å². The van der Waals surface area contributed by atoms with Crippen molar-refractivity contribution in [2.24, 2.45) is 0 Å². The van der Waals surface area contributed by atoms with Crippen molar-refractivity contribution < 1.29 is 40.6 Å². The Morgan fingerprint density at radius 2 is 1.44 bits per heavy atom. The third-order valence-corrected chi connectivity index (χ3v) is 3.16. The fourth-order valence-electron chi connectivity index (χ4n) is 0.282. The Balaban J connectivity index is -0.000000107. The first kappa shape index (κ1) is 23.4. The number of phosphoric ester groups is 1. The number of hydrogen-bond acceptors (Lipinski definition) is 5. The van der Waals surface area contributed by atoms with Gasteiger partial charge in [0.2, 0.25) is 0 Å². The molecule has 0 aliphatic heterocycles. The van der Waals surface area contributed by atoms with E-state index in [1.807, 2.05) is 0 Å². The predicted octanol–water partition coefficient (Wildman–Crippen LogP) is 0.993. The number of aliphatic hydroxyl groups is 1. The summed E-state index contributed by atoms with van der Waals surface area (Å²) in [4.78, 5) is 24.7. The molecule has 0 aliphatic rings. The first-order chi connectivity index (χ1) is 6.41. The van der Waals surface area contributed by atoms with E-state index in [0.29, 0.717) is 0 Å². The summed E-state index contributed by atoms with van der Waals surface area (Å²) in [7, 11) is -9.28. The SMILES string of the molecule is CO.O=P(O)(O)OP(=O)(O)OC(Cl)(Cl)Cl.[Ca+2].[H-].[H-]. The molecule has 0 spiro atoms. The molecule has 98 valence electrons. The Morgan fingerprint density at radius 1 is 1.12 bits per heavy atom. The second kappa shape index (κ2) is 9.28. The molecular weight excluding hydrogens is 360 g/mol. The zero-order valence-corrected chi connectivity index (χ0v) is 13.9. The molecule has 16 heavy (non-hydrogen) atoms. The molecule has 0 aliphatic carbocycles. The van der Waals surface area contributed by atoms with Crippen molar-refractivity contribution in [2.45, 2.75) is 3.98 Å². The van der Waals surface area contributed by atoms with E-state index < -0.39 is 19.6 Å². The van der Waals surface area contributed by atoms with E-state index >= 15 is 0 Å². The summed E-state index contributed by atoms with van der Waals surface area (Å²) in [5, 5.41) is 7.00. The van der Waals surface area contributed by atoms with E-state index in [4.69, 9.17) is 54.6 Å². The molecule has 1 unspecified atom stereocenters. The van der Waals surface area contributed by atoms with Gasteiger partial charge >= 0.3 is 57.4 Å². The van der Waals surface area contributed by atoms with Crippen LogP contribution in [0.5, 0.6) is 0 Å². The monoisotopic (exact) mass is 368 g/mol. The van der Waals surface area contributed by atoms with Crippen LogP contribution in [-0.4, -0.2) is 68.6 Å². The van der Waals surface area contributed by atoms with Gasteiger partial charge in [-0.3, -0.25) is 0 Å². The van der Waals surface area contributed by atoms with Crippen LogP contribution in [0.25, 0.3) is 0 Å². The third-order valence-electron chi connectivity index (χ3n) is 0.428. The molecule has 0 amide bonds. The van der Waals surface area contributed by atoms with Crippen molar-refractivity contribution in [3.8, 4) is 0 Å². The van der Waals surface area contributed by atoms with Crippen molar-refractivity contribution in [3.05, 3.63) is 0 Å². The van der Waals surface area contributed by atoms with Crippen LogP contribution in [0.4, 0.5) is 0 Å². The Hall–Kier alpha value is 2.35. The smallest absolute Gasteiger partial charge is 1.00 e. The fourth-order valence-corrected chi connectivity index (χ4v) is 2.54. The van der Waals surface area contributed by atoms with Gasteiger partial charge < -0.3 is 22.6 Å². The largest absolute Gasteiger partial charge is 2.00 e. The molecule has 0 rings (SSSR count). The van der Waals surface area contributed by atoms with Gasteiger partial charge in [-0.15, -0.1) is 0 Å². The Labute approximate surface area is 139 Å². The van der Waals surface area contributed by atoms with Gasteiger partial charge in [-0.1, -0.05) is 34.8 Å². The van der Waals surface area contributed by atoms with Crippen molar-refractivity contribution in [3.63, 3.8) is 0 Å². The van der Waals surface area contributed by atoms with Gasteiger partial charge in [-0.25, -0.2) is 13.7 Å². The van der Waals surface area contributed by atoms with Crippen LogP contribution in [-0.2, 0) is 18.0 Å². The summed E-state index contributed by atoms with van der Waals surface area (Å²) in [6.45, 7) is 0. The molecule has 4 N–H and O–H groups in total. The van der Waals surface area contributed by atoms with Gasteiger partial charge in [-0.2, -0.15) is 4.31 Å². The first-order valence-corrected chi connectivity index (χ1v) is 6.89. The molecule has 0 fully saturated rings. The summed E-state index contributed by atoms with van der Waals surface area (Å²) >= 11 is 14.7. The topological polar surface area (TPSA) is 134 Å². The van der Waals surface area contributed by atoms with Crippen LogP contribution in [0, 0.1) is 0 Å². The molecule has 0 aromatic heterocycles. The molecule has 1 atom stereocenters. The summed E-state index contributed by atoms with van der Waals surface area (Å²) in [5.74, 6) is 0. The molecule has 0 heterocycles. The van der Waals surface area contributed by atoms with Gasteiger partial charge in [-0.05, 0) is 0 Å². The third kappa shape index (κ3) is 18.7. The average Bonchev–Trinajstić information content (AvgIpc) is 1.79. The van der Waals surface area contributed by atoms with Gasteiger partial charge in [0.25, 0.3) is 0 Å². The number of alkyl halides is 3. The molecule has 8 nitrogen and oxygen atoms in total. The first-order valence-electron chi connectivity index (χ1n) is 2.73. The fraction of sp³-hybridized carbons (Fsp3) is 1.00. The second-order valence-electron chi connectivity index (χ2n) is 1.58. The van der Waals surface area contributed by atoms with Crippen LogP contribution in [0.1, 0.15) is 2.85 Å². The van der Waals surface area contributed by atoms with Crippen molar-refractivity contribution >= 4 is 88.2 Å². The normalized spacial score (nSPS) is 15.2. The number of aliphatic hydroxyl groups excluding tert-OH is 1. The van der Waals surface area contributed by atoms with Gasteiger partial charge in [0, 0.05) is 7.11 Å². The van der Waals surface area contributed by atoms with Crippen LogP contribution in [0.3, 0.4) is 0 Å².